The first-order valence-electron chi connectivity index (χ1n) is 6.79. The number of hydrogen-bond acceptors (Lipinski definition) is 2. The standard InChI is InChI=1S/C15H21ClN2O/c1-10(2)7-11(3)18-14(19)9-17-15(18)12-5-4-6-13(16)8-12/h4-6,8,10-11,15,17H,7,9H2,1-3H3. The Bertz CT molecular complexity index is 461. The minimum Gasteiger partial charge on any atom is -0.319 e. The topological polar surface area (TPSA) is 32.3 Å². The Labute approximate surface area is 119 Å². The maximum Gasteiger partial charge on any atom is 0.238 e. The summed E-state index contributed by atoms with van der Waals surface area (Å²) in [5.74, 6) is 0.738. The molecule has 0 spiro atoms. The molecule has 1 fully saturated rings. The fourth-order valence-corrected chi connectivity index (χ4v) is 2.97. The van der Waals surface area contributed by atoms with Crippen LogP contribution in [0.25, 0.3) is 0 Å². The molecule has 0 aromatic heterocycles. The molecular formula is C15H21ClN2O. The summed E-state index contributed by atoms with van der Waals surface area (Å²) in [4.78, 5) is 14.0. The summed E-state index contributed by atoms with van der Waals surface area (Å²) in [5.41, 5.74) is 1.05. The molecule has 2 unspecified atom stereocenters. The predicted octanol–water partition coefficient (Wildman–Crippen LogP) is 3.21. The highest BCUT2D eigenvalue weighted by Crippen LogP contribution is 2.28. The smallest absolute Gasteiger partial charge is 0.238 e. The molecule has 1 N–H and O–H groups in total. The third-order valence-corrected chi connectivity index (χ3v) is 3.70. The van der Waals surface area contributed by atoms with E-state index in [-0.39, 0.29) is 18.1 Å². The minimum absolute atomic E-state index is 0.0556. The summed E-state index contributed by atoms with van der Waals surface area (Å²) < 4.78 is 0. The fraction of sp³-hybridized carbons (Fsp3) is 0.533. The molecule has 1 aliphatic heterocycles. The van der Waals surface area contributed by atoms with Gasteiger partial charge in [-0.25, -0.2) is 0 Å². The van der Waals surface area contributed by atoms with Crippen LogP contribution in [0.1, 0.15) is 38.9 Å². The molecule has 1 saturated heterocycles. The molecule has 0 radical (unpaired) electrons. The van der Waals surface area contributed by atoms with Crippen molar-refractivity contribution in [3.8, 4) is 0 Å². The molecular weight excluding hydrogens is 260 g/mol. The summed E-state index contributed by atoms with van der Waals surface area (Å²) in [5, 5.41) is 3.98. The van der Waals surface area contributed by atoms with E-state index in [1.54, 1.807) is 0 Å². The number of nitrogens with one attached hydrogen (secondary N) is 1. The minimum atomic E-state index is -0.0556. The highest BCUT2D eigenvalue weighted by molar-refractivity contribution is 6.30. The molecule has 3 nitrogen and oxygen atoms in total. The molecule has 1 amide bonds. The summed E-state index contributed by atoms with van der Waals surface area (Å²) in [6, 6.07) is 7.94. The van der Waals surface area contributed by atoms with Crippen LogP contribution in [0, 0.1) is 5.92 Å². The van der Waals surface area contributed by atoms with Gasteiger partial charge >= 0.3 is 0 Å². The summed E-state index contributed by atoms with van der Waals surface area (Å²) >= 11 is 6.04. The fourth-order valence-electron chi connectivity index (χ4n) is 2.77. The first kappa shape index (κ1) is 14.4. The third kappa shape index (κ3) is 3.28. The first-order valence-corrected chi connectivity index (χ1v) is 7.17. The van der Waals surface area contributed by atoms with Crippen molar-refractivity contribution >= 4 is 17.5 Å². The van der Waals surface area contributed by atoms with E-state index in [2.05, 4.69) is 26.1 Å². The van der Waals surface area contributed by atoms with E-state index in [9.17, 15) is 4.79 Å². The van der Waals surface area contributed by atoms with Gasteiger partial charge in [0.05, 0.1) is 6.54 Å². The van der Waals surface area contributed by atoms with Crippen LogP contribution in [0.4, 0.5) is 0 Å². The van der Waals surface area contributed by atoms with Crippen molar-refractivity contribution in [2.45, 2.75) is 39.4 Å². The lowest BCUT2D eigenvalue weighted by molar-refractivity contribution is -0.130. The van der Waals surface area contributed by atoms with Gasteiger partial charge in [-0.3, -0.25) is 10.1 Å². The van der Waals surface area contributed by atoms with Crippen molar-refractivity contribution in [2.75, 3.05) is 6.54 Å². The van der Waals surface area contributed by atoms with E-state index in [1.807, 2.05) is 29.2 Å². The highest BCUT2D eigenvalue weighted by Gasteiger charge is 2.35. The maximum atomic E-state index is 12.1. The second kappa shape index (κ2) is 5.93. The lowest BCUT2D eigenvalue weighted by atomic mass is 10.0. The van der Waals surface area contributed by atoms with Gasteiger partial charge in [-0.2, -0.15) is 0 Å². The van der Waals surface area contributed by atoms with Crippen LogP contribution in [0.2, 0.25) is 5.02 Å². The lowest BCUT2D eigenvalue weighted by Gasteiger charge is -2.31. The molecule has 0 saturated carbocycles. The number of benzene rings is 1. The molecule has 1 aliphatic rings. The van der Waals surface area contributed by atoms with E-state index in [4.69, 9.17) is 11.6 Å². The van der Waals surface area contributed by atoms with Crippen LogP contribution in [0.15, 0.2) is 24.3 Å². The Morgan fingerprint density at radius 3 is 2.79 bits per heavy atom. The van der Waals surface area contributed by atoms with E-state index >= 15 is 0 Å². The molecule has 1 heterocycles. The van der Waals surface area contributed by atoms with E-state index in [0.717, 1.165) is 12.0 Å². The SMILES string of the molecule is CC(C)CC(C)N1C(=O)CNC1c1cccc(Cl)c1. The van der Waals surface area contributed by atoms with Crippen molar-refractivity contribution in [3.05, 3.63) is 34.9 Å². The molecule has 2 atom stereocenters. The number of rotatable bonds is 4. The third-order valence-electron chi connectivity index (χ3n) is 3.46. The van der Waals surface area contributed by atoms with Gasteiger partial charge in [0, 0.05) is 11.1 Å². The Morgan fingerprint density at radius 2 is 2.16 bits per heavy atom. The average Bonchev–Trinajstić information content (AvgIpc) is 2.70. The quantitative estimate of drug-likeness (QED) is 0.919. The zero-order valence-corrected chi connectivity index (χ0v) is 12.4. The van der Waals surface area contributed by atoms with Gasteiger partial charge in [-0.15, -0.1) is 0 Å². The number of amides is 1. The molecule has 2 rings (SSSR count). The largest absolute Gasteiger partial charge is 0.319 e. The lowest BCUT2D eigenvalue weighted by Crippen LogP contribution is -2.38. The molecule has 4 heteroatoms. The van der Waals surface area contributed by atoms with E-state index in [1.165, 1.54) is 0 Å². The summed E-state index contributed by atoms with van der Waals surface area (Å²) in [6.45, 7) is 6.87. The molecule has 104 valence electrons. The maximum absolute atomic E-state index is 12.1. The number of carbonyl (C=O) groups excluding carboxylic acids is 1. The highest BCUT2D eigenvalue weighted by atomic mass is 35.5. The van der Waals surface area contributed by atoms with Crippen LogP contribution >= 0.6 is 11.6 Å². The van der Waals surface area contributed by atoms with E-state index in [0.29, 0.717) is 17.5 Å². The molecule has 1 aromatic rings. The van der Waals surface area contributed by atoms with Gasteiger partial charge in [-0.1, -0.05) is 37.6 Å². The monoisotopic (exact) mass is 280 g/mol. The Balaban J connectivity index is 2.22. The first-order chi connectivity index (χ1) is 8.99. The van der Waals surface area contributed by atoms with Gasteiger partial charge in [0.15, 0.2) is 0 Å². The number of carbonyl (C=O) groups is 1. The van der Waals surface area contributed by atoms with Crippen molar-refractivity contribution in [1.82, 2.24) is 10.2 Å². The Hall–Kier alpha value is -1.06. The average molecular weight is 281 g/mol. The normalized spacial score (nSPS) is 21.2. The van der Waals surface area contributed by atoms with Gasteiger partial charge in [0.2, 0.25) is 5.91 Å². The second-order valence-electron chi connectivity index (χ2n) is 5.62. The van der Waals surface area contributed by atoms with Crippen molar-refractivity contribution in [1.29, 1.82) is 0 Å². The number of nitrogens with zero attached hydrogens (tertiary/aromatic N) is 1. The van der Waals surface area contributed by atoms with Crippen molar-refractivity contribution in [3.63, 3.8) is 0 Å². The Morgan fingerprint density at radius 1 is 1.42 bits per heavy atom. The van der Waals surface area contributed by atoms with Crippen molar-refractivity contribution < 1.29 is 4.79 Å². The zero-order chi connectivity index (χ0) is 14.0. The number of hydrogen-bond donors (Lipinski definition) is 1. The van der Waals surface area contributed by atoms with Gasteiger partial charge in [-0.05, 0) is 37.0 Å². The summed E-state index contributed by atoms with van der Waals surface area (Å²) in [6.07, 6.45) is 0.949. The van der Waals surface area contributed by atoms with Crippen LogP contribution in [0.5, 0.6) is 0 Å². The second-order valence-corrected chi connectivity index (χ2v) is 6.05. The van der Waals surface area contributed by atoms with Crippen LogP contribution in [-0.4, -0.2) is 23.4 Å². The van der Waals surface area contributed by atoms with Gasteiger partial charge in [0.1, 0.15) is 6.17 Å². The van der Waals surface area contributed by atoms with E-state index < -0.39 is 0 Å². The molecule has 0 aliphatic carbocycles. The summed E-state index contributed by atoms with van der Waals surface area (Å²) in [7, 11) is 0. The molecule has 0 bridgehead atoms. The van der Waals surface area contributed by atoms with Crippen LogP contribution in [-0.2, 0) is 4.79 Å². The van der Waals surface area contributed by atoms with Gasteiger partial charge in [0.25, 0.3) is 0 Å². The van der Waals surface area contributed by atoms with Crippen LogP contribution < -0.4 is 5.32 Å². The zero-order valence-electron chi connectivity index (χ0n) is 11.7. The molecule has 19 heavy (non-hydrogen) atoms. The molecule has 1 aromatic carbocycles. The number of halogens is 1. The Kier molecular flexibility index (Phi) is 4.48. The van der Waals surface area contributed by atoms with Gasteiger partial charge < -0.3 is 4.90 Å². The predicted molar refractivity (Wildman–Crippen MR) is 78.0 cm³/mol. The van der Waals surface area contributed by atoms with Crippen LogP contribution in [0.3, 0.4) is 0 Å². The van der Waals surface area contributed by atoms with Crippen molar-refractivity contribution in [2.24, 2.45) is 5.92 Å².